The molecule has 0 radical (unpaired) electrons. The minimum absolute atomic E-state index is 0.0231. The first kappa shape index (κ1) is 8.52. The molecule has 0 saturated heterocycles. The molecule has 0 spiro atoms. The maximum atomic E-state index is 5.74. The van der Waals surface area contributed by atoms with Gasteiger partial charge in [-0.1, -0.05) is 0 Å². The second-order valence-corrected chi connectivity index (χ2v) is 4.70. The molecule has 0 amide bonds. The van der Waals surface area contributed by atoms with Crippen LogP contribution in [0.4, 0.5) is 0 Å². The predicted molar refractivity (Wildman–Crippen MR) is 46.9 cm³/mol. The molecule has 0 bridgehead atoms. The van der Waals surface area contributed by atoms with E-state index < -0.39 is 0 Å². The highest BCUT2D eigenvalue weighted by atomic mass is 16.7. The van der Waals surface area contributed by atoms with Gasteiger partial charge in [0.05, 0.1) is 11.2 Å². The Morgan fingerprint density at radius 1 is 0.917 bits per heavy atom. The van der Waals surface area contributed by atoms with E-state index in [4.69, 9.17) is 9.47 Å². The van der Waals surface area contributed by atoms with E-state index >= 15 is 0 Å². The third-order valence-corrected chi connectivity index (χ3v) is 2.81. The maximum absolute atomic E-state index is 5.74. The fourth-order valence-corrected chi connectivity index (χ4v) is 1.41. The molecule has 0 unspecified atom stereocenters. The second-order valence-electron chi connectivity index (χ2n) is 4.70. The molecule has 0 atom stereocenters. The third kappa shape index (κ3) is 1.99. The molecule has 70 valence electrons. The number of ether oxygens (including phenoxy) is 2. The molecule has 0 aliphatic heterocycles. The average molecular weight is 170 g/mol. The molecule has 0 heterocycles. The highest BCUT2D eigenvalue weighted by Gasteiger charge is 2.44. The van der Waals surface area contributed by atoms with Crippen molar-refractivity contribution in [2.45, 2.75) is 63.9 Å². The lowest BCUT2D eigenvalue weighted by Crippen LogP contribution is -2.25. The van der Waals surface area contributed by atoms with Gasteiger partial charge in [-0.15, -0.1) is 0 Å². The van der Waals surface area contributed by atoms with E-state index in [2.05, 4.69) is 13.8 Å². The van der Waals surface area contributed by atoms with Gasteiger partial charge in [-0.3, -0.25) is 0 Å². The summed E-state index contributed by atoms with van der Waals surface area (Å²) in [5.74, 6) is 0. The number of rotatable bonds is 4. The van der Waals surface area contributed by atoms with Crippen molar-refractivity contribution in [1.82, 2.24) is 0 Å². The quantitative estimate of drug-likeness (QED) is 0.603. The van der Waals surface area contributed by atoms with E-state index in [0.29, 0.717) is 0 Å². The number of hydrogen-bond donors (Lipinski definition) is 0. The molecule has 0 aromatic heterocycles. The van der Waals surface area contributed by atoms with Crippen LogP contribution in [0.1, 0.15) is 46.5 Å². The van der Waals surface area contributed by atoms with Gasteiger partial charge in [0.25, 0.3) is 0 Å². The fourth-order valence-electron chi connectivity index (χ4n) is 1.41. The second kappa shape index (κ2) is 2.46. The maximum Gasteiger partial charge on any atom is 0.156 e. The van der Waals surface area contributed by atoms with Gasteiger partial charge in [-0.05, 0) is 46.5 Å². The van der Waals surface area contributed by atoms with Crippen molar-refractivity contribution in [3.63, 3.8) is 0 Å². The van der Waals surface area contributed by atoms with Gasteiger partial charge in [0, 0.05) is 0 Å². The van der Waals surface area contributed by atoms with E-state index in [-0.39, 0.29) is 17.5 Å². The van der Waals surface area contributed by atoms with Crippen molar-refractivity contribution < 1.29 is 9.47 Å². The first-order chi connectivity index (χ1) is 5.52. The van der Waals surface area contributed by atoms with Crippen LogP contribution < -0.4 is 0 Å². The van der Waals surface area contributed by atoms with Crippen molar-refractivity contribution >= 4 is 0 Å². The molecule has 12 heavy (non-hydrogen) atoms. The summed E-state index contributed by atoms with van der Waals surface area (Å²) in [5.41, 5.74) is 0.287. The Kier molecular flexibility index (Phi) is 1.74. The van der Waals surface area contributed by atoms with E-state index in [1.807, 2.05) is 6.92 Å². The SMILES string of the molecule is CC(OC1(C)CC1)OC1(C)CC1. The van der Waals surface area contributed by atoms with Crippen molar-refractivity contribution in [2.75, 3.05) is 0 Å². The number of hydrogen-bond acceptors (Lipinski definition) is 2. The average Bonchev–Trinajstić information content (AvgIpc) is 2.76. The Morgan fingerprint density at radius 2 is 1.25 bits per heavy atom. The summed E-state index contributed by atoms with van der Waals surface area (Å²) >= 11 is 0. The zero-order valence-electron chi connectivity index (χ0n) is 8.22. The third-order valence-electron chi connectivity index (χ3n) is 2.81. The largest absolute Gasteiger partial charge is 0.347 e. The van der Waals surface area contributed by atoms with Crippen LogP contribution >= 0.6 is 0 Å². The highest BCUT2D eigenvalue weighted by molar-refractivity contribution is 4.93. The van der Waals surface area contributed by atoms with Gasteiger partial charge in [0.15, 0.2) is 6.29 Å². The molecule has 2 fully saturated rings. The van der Waals surface area contributed by atoms with Gasteiger partial charge < -0.3 is 9.47 Å². The summed E-state index contributed by atoms with van der Waals surface area (Å²) in [5, 5.41) is 0. The van der Waals surface area contributed by atoms with Crippen LogP contribution in [0.5, 0.6) is 0 Å². The molecule has 2 heteroatoms. The van der Waals surface area contributed by atoms with Crippen LogP contribution in [0.2, 0.25) is 0 Å². The van der Waals surface area contributed by atoms with Crippen LogP contribution in [-0.4, -0.2) is 17.5 Å². The Bertz CT molecular complexity index is 160. The summed E-state index contributed by atoms with van der Waals surface area (Å²) in [6, 6.07) is 0. The van der Waals surface area contributed by atoms with Crippen LogP contribution in [0.15, 0.2) is 0 Å². The lowest BCUT2D eigenvalue weighted by Gasteiger charge is -2.22. The van der Waals surface area contributed by atoms with Crippen LogP contribution in [-0.2, 0) is 9.47 Å². The predicted octanol–water partition coefficient (Wildman–Crippen LogP) is 2.47. The molecular formula is C10H18O2. The fraction of sp³-hybridized carbons (Fsp3) is 1.00. The molecule has 0 N–H and O–H groups in total. The first-order valence-corrected chi connectivity index (χ1v) is 4.87. The standard InChI is InChI=1S/C10H18O2/c1-8(11-9(2)4-5-9)12-10(3)6-7-10/h8H,4-7H2,1-3H3. The summed E-state index contributed by atoms with van der Waals surface area (Å²) < 4.78 is 11.5. The molecule has 2 rings (SSSR count). The Hall–Kier alpha value is -0.0800. The monoisotopic (exact) mass is 170 g/mol. The Balaban J connectivity index is 1.73. The summed E-state index contributed by atoms with van der Waals surface area (Å²) in [6.45, 7) is 6.32. The van der Waals surface area contributed by atoms with Crippen LogP contribution in [0.3, 0.4) is 0 Å². The Labute approximate surface area is 74.2 Å². The first-order valence-electron chi connectivity index (χ1n) is 4.87. The lowest BCUT2D eigenvalue weighted by molar-refractivity contribution is -0.193. The minimum atomic E-state index is -0.0231. The molecule has 2 saturated carbocycles. The minimum Gasteiger partial charge on any atom is -0.347 e. The van der Waals surface area contributed by atoms with Crippen molar-refractivity contribution in [3.8, 4) is 0 Å². The van der Waals surface area contributed by atoms with E-state index in [1.165, 1.54) is 25.7 Å². The molecule has 0 aromatic rings. The van der Waals surface area contributed by atoms with Crippen molar-refractivity contribution in [3.05, 3.63) is 0 Å². The van der Waals surface area contributed by atoms with E-state index in [9.17, 15) is 0 Å². The van der Waals surface area contributed by atoms with Gasteiger partial charge in [0.1, 0.15) is 0 Å². The molecule has 2 nitrogen and oxygen atoms in total. The topological polar surface area (TPSA) is 18.5 Å². The summed E-state index contributed by atoms with van der Waals surface area (Å²) in [7, 11) is 0. The zero-order chi connectivity index (χ0) is 8.82. The van der Waals surface area contributed by atoms with E-state index in [1.54, 1.807) is 0 Å². The normalized spacial score (nSPS) is 29.0. The smallest absolute Gasteiger partial charge is 0.156 e. The molecule has 2 aliphatic carbocycles. The highest BCUT2D eigenvalue weighted by Crippen LogP contribution is 2.43. The zero-order valence-corrected chi connectivity index (χ0v) is 8.22. The van der Waals surface area contributed by atoms with Gasteiger partial charge >= 0.3 is 0 Å². The van der Waals surface area contributed by atoms with E-state index in [0.717, 1.165) is 0 Å². The van der Waals surface area contributed by atoms with Gasteiger partial charge in [-0.2, -0.15) is 0 Å². The van der Waals surface area contributed by atoms with Gasteiger partial charge in [-0.25, -0.2) is 0 Å². The lowest BCUT2D eigenvalue weighted by atomic mass is 10.4. The molecule has 0 aromatic carbocycles. The summed E-state index contributed by atoms with van der Waals surface area (Å²) in [6.07, 6.45) is 4.74. The Morgan fingerprint density at radius 3 is 1.50 bits per heavy atom. The van der Waals surface area contributed by atoms with Crippen LogP contribution in [0.25, 0.3) is 0 Å². The van der Waals surface area contributed by atoms with Crippen molar-refractivity contribution in [2.24, 2.45) is 0 Å². The molecular weight excluding hydrogens is 152 g/mol. The van der Waals surface area contributed by atoms with Crippen molar-refractivity contribution in [1.29, 1.82) is 0 Å². The van der Waals surface area contributed by atoms with Crippen LogP contribution in [0, 0.1) is 0 Å². The molecule has 2 aliphatic rings. The summed E-state index contributed by atoms with van der Waals surface area (Å²) in [4.78, 5) is 0. The van der Waals surface area contributed by atoms with Gasteiger partial charge in [0.2, 0.25) is 0 Å².